The number of sulfone groups is 1. The Morgan fingerprint density at radius 3 is 2.31 bits per heavy atom. The van der Waals surface area contributed by atoms with Crippen LogP contribution in [-0.2, 0) is 33.5 Å². The lowest BCUT2D eigenvalue weighted by Gasteiger charge is -2.33. The Bertz CT molecular complexity index is 663. The summed E-state index contributed by atoms with van der Waals surface area (Å²) >= 11 is 0. The molecule has 8 nitrogen and oxygen atoms in total. The molecule has 148 valence electrons. The molecule has 1 aromatic rings. The van der Waals surface area contributed by atoms with E-state index in [2.05, 4.69) is 4.98 Å². The predicted octanol–water partition coefficient (Wildman–Crippen LogP) is 1.67. The van der Waals surface area contributed by atoms with Crippen LogP contribution in [0.3, 0.4) is 0 Å². The Labute approximate surface area is 154 Å². The molecule has 1 saturated heterocycles. The minimum atomic E-state index is -4.07. The second-order valence-corrected chi connectivity index (χ2v) is 7.98. The van der Waals surface area contributed by atoms with Crippen molar-refractivity contribution in [3.05, 3.63) is 30.1 Å². The number of methoxy groups -OCH3 is 3. The van der Waals surface area contributed by atoms with E-state index in [1.807, 2.05) is 0 Å². The predicted molar refractivity (Wildman–Crippen MR) is 94.0 cm³/mol. The molecular formula is C17H27NO7S. The van der Waals surface area contributed by atoms with Crippen LogP contribution < -0.4 is 0 Å². The van der Waals surface area contributed by atoms with Crippen molar-refractivity contribution in [1.82, 2.24) is 4.98 Å². The second kappa shape index (κ2) is 8.73. The van der Waals surface area contributed by atoms with Crippen molar-refractivity contribution in [3.8, 4) is 0 Å². The first-order valence-corrected chi connectivity index (χ1v) is 10.0. The molecule has 0 saturated carbocycles. The van der Waals surface area contributed by atoms with Gasteiger partial charge in [-0.05, 0) is 19.1 Å². The third-order valence-corrected chi connectivity index (χ3v) is 6.97. The number of pyridine rings is 1. The van der Waals surface area contributed by atoms with Crippen LogP contribution >= 0.6 is 0 Å². The molecule has 1 aliphatic rings. The van der Waals surface area contributed by atoms with E-state index in [1.165, 1.54) is 21.3 Å². The fraction of sp³-hybridized carbons (Fsp3) is 0.706. The molecule has 0 amide bonds. The van der Waals surface area contributed by atoms with Gasteiger partial charge < -0.3 is 23.7 Å². The molecule has 2 rings (SSSR count). The summed E-state index contributed by atoms with van der Waals surface area (Å²) < 4.78 is 54.5. The first-order valence-electron chi connectivity index (χ1n) is 8.46. The number of ether oxygens (including phenoxy) is 5. The molecule has 9 heteroatoms. The Hall–Kier alpha value is -1.10. The van der Waals surface area contributed by atoms with Gasteiger partial charge in [0.25, 0.3) is 5.12 Å². The van der Waals surface area contributed by atoms with Gasteiger partial charge in [-0.25, -0.2) is 8.42 Å². The van der Waals surface area contributed by atoms with Crippen molar-refractivity contribution in [2.75, 3.05) is 27.9 Å². The lowest BCUT2D eigenvalue weighted by molar-refractivity contribution is -0.161. The highest BCUT2D eigenvalue weighted by Gasteiger charge is 2.59. The van der Waals surface area contributed by atoms with Crippen LogP contribution in [0.25, 0.3) is 0 Å². The largest absolute Gasteiger partial charge is 0.375 e. The molecule has 0 spiro atoms. The quantitative estimate of drug-likeness (QED) is 0.589. The van der Waals surface area contributed by atoms with E-state index in [0.29, 0.717) is 5.69 Å². The van der Waals surface area contributed by atoms with Gasteiger partial charge in [0.2, 0.25) is 9.84 Å². The SMILES string of the molecule is CCOC(CC)(OC)S(=O)(=O)C1OC(c2ccccn2)C(OC)C1OC. The molecule has 1 fully saturated rings. The minimum absolute atomic E-state index is 0.0991. The summed E-state index contributed by atoms with van der Waals surface area (Å²) in [5.74, 6) is 0. The Kier molecular flexibility index (Phi) is 7.12. The third kappa shape index (κ3) is 3.51. The maximum absolute atomic E-state index is 13.4. The van der Waals surface area contributed by atoms with Crippen LogP contribution in [0, 0.1) is 0 Å². The average molecular weight is 389 g/mol. The van der Waals surface area contributed by atoms with Gasteiger partial charge >= 0.3 is 0 Å². The Balaban J connectivity index is 2.47. The standard InChI is InChI=1S/C17H27NO7S/c1-6-17(23-5,24-7-2)26(19,20)16-15(22-4)14(21-3)13(25-16)12-10-8-9-11-18-12/h8-11,13-16H,6-7H2,1-5H3. The van der Waals surface area contributed by atoms with Gasteiger partial charge in [0.15, 0.2) is 5.44 Å². The minimum Gasteiger partial charge on any atom is -0.375 e. The normalized spacial score (nSPS) is 28.8. The molecule has 0 bridgehead atoms. The van der Waals surface area contributed by atoms with Gasteiger partial charge in [-0.3, -0.25) is 4.98 Å². The van der Waals surface area contributed by atoms with Crippen molar-refractivity contribution in [2.45, 2.75) is 49.1 Å². The van der Waals surface area contributed by atoms with Crippen LogP contribution in [0.1, 0.15) is 32.1 Å². The van der Waals surface area contributed by atoms with E-state index in [-0.39, 0.29) is 13.0 Å². The summed E-state index contributed by atoms with van der Waals surface area (Å²) in [5.41, 5.74) is -0.758. The van der Waals surface area contributed by atoms with Gasteiger partial charge in [0.05, 0.1) is 5.69 Å². The highest BCUT2D eigenvalue weighted by molar-refractivity contribution is 7.93. The van der Waals surface area contributed by atoms with E-state index >= 15 is 0 Å². The molecule has 26 heavy (non-hydrogen) atoms. The van der Waals surface area contributed by atoms with Gasteiger partial charge in [-0.1, -0.05) is 13.0 Å². The molecule has 1 aromatic heterocycles. The third-order valence-electron chi connectivity index (χ3n) is 4.54. The lowest BCUT2D eigenvalue weighted by atomic mass is 10.1. The summed E-state index contributed by atoms with van der Waals surface area (Å²) in [6, 6.07) is 5.32. The number of aromatic nitrogens is 1. The number of hydrogen-bond acceptors (Lipinski definition) is 8. The van der Waals surface area contributed by atoms with E-state index in [9.17, 15) is 8.42 Å². The fourth-order valence-electron chi connectivity index (χ4n) is 3.26. The number of nitrogens with zero attached hydrogens (tertiary/aromatic N) is 1. The zero-order valence-electron chi connectivity index (χ0n) is 15.7. The summed E-state index contributed by atoms with van der Waals surface area (Å²) in [4.78, 5) is 4.27. The van der Waals surface area contributed by atoms with Crippen molar-refractivity contribution >= 4 is 9.84 Å². The molecule has 1 aliphatic heterocycles. The van der Waals surface area contributed by atoms with E-state index < -0.39 is 38.7 Å². The van der Waals surface area contributed by atoms with Crippen LogP contribution in [0.5, 0.6) is 0 Å². The van der Waals surface area contributed by atoms with E-state index in [4.69, 9.17) is 23.7 Å². The van der Waals surface area contributed by atoms with Gasteiger partial charge in [0.1, 0.15) is 18.3 Å². The molecular weight excluding hydrogens is 362 g/mol. The molecule has 5 atom stereocenters. The summed E-state index contributed by atoms with van der Waals surface area (Å²) in [7, 11) is 0.138. The van der Waals surface area contributed by atoms with E-state index in [0.717, 1.165) is 0 Å². The van der Waals surface area contributed by atoms with Crippen molar-refractivity contribution in [2.24, 2.45) is 0 Å². The van der Waals surface area contributed by atoms with Crippen molar-refractivity contribution < 1.29 is 32.1 Å². The summed E-state index contributed by atoms with van der Waals surface area (Å²) in [6.07, 6.45) is -0.497. The van der Waals surface area contributed by atoms with Crippen LogP contribution in [-0.4, -0.2) is 64.1 Å². The van der Waals surface area contributed by atoms with Crippen molar-refractivity contribution in [3.63, 3.8) is 0 Å². The van der Waals surface area contributed by atoms with Crippen LogP contribution in [0.4, 0.5) is 0 Å². The first kappa shape index (κ1) is 21.2. The van der Waals surface area contributed by atoms with Gasteiger partial charge in [-0.2, -0.15) is 0 Å². The summed E-state index contributed by atoms with van der Waals surface area (Å²) in [5, 5.41) is -1.82. The lowest BCUT2D eigenvalue weighted by Crippen LogP contribution is -2.52. The topological polar surface area (TPSA) is 93.2 Å². The highest BCUT2D eigenvalue weighted by atomic mass is 32.2. The maximum Gasteiger partial charge on any atom is 0.276 e. The van der Waals surface area contributed by atoms with E-state index in [1.54, 1.807) is 38.2 Å². The van der Waals surface area contributed by atoms with Gasteiger partial charge in [0, 0.05) is 40.6 Å². The zero-order chi connectivity index (χ0) is 19.4. The monoisotopic (exact) mass is 389 g/mol. The summed E-state index contributed by atoms with van der Waals surface area (Å²) in [6.45, 7) is 3.55. The maximum atomic E-state index is 13.4. The highest BCUT2D eigenvalue weighted by Crippen LogP contribution is 2.42. The number of hydrogen-bond donors (Lipinski definition) is 0. The molecule has 0 aromatic carbocycles. The zero-order valence-corrected chi connectivity index (χ0v) is 16.6. The smallest absolute Gasteiger partial charge is 0.276 e. The first-order chi connectivity index (χ1) is 12.4. The van der Waals surface area contributed by atoms with Crippen molar-refractivity contribution in [1.29, 1.82) is 0 Å². The molecule has 0 aliphatic carbocycles. The molecule has 5 unspecified atom stereocenters. The second-order valence-electron chi connectivity index (χ2n) is 5.80. The number of rotatable bonds is 9. The Morgan fingerprint density at radius 2 is 1.85 bits per heavy atom. The average Bonchev–Trinajstić information content (AvgIpc) is 3.06. The fourth-order valence-corrected chi connectivity index (χ4v) is 5.42. The van der Waals surface area contributed by atoms with Gasteiger partial charge in [-0.15, -0.1) is 0 Å². The van der Waals surface area contributed by atoms with Crippen LogP contribution in [0.15, 0.2) is 24.4 Å². The van der Waals surface area contributed by atoms with Crippen LogP contribution in [0.2, 0.25) is 0 Å². The molecule has 0 N–H and O–H groups in total. The molecule has 0 radical (unpaired) electrons. The molecule has 2 heterocycles. The Morgan fingerprint density at radius 1 is 1.15 bits per heavy atom.